The van der Waals surface area contributed by atoms with Crippen LogP contribution in [-0.2, 0) is 19.2 Å². The second-order valence-corrected chi connectivity index (χ2v) is 12.9. The van der Waals surface area contributed by atoms with E-state index in [2.05, 4.69) is 16.0 Å². The van der Waals surface area contributed by atoms with Crippen LogP contribution in [0.15, 0.2) is 24.3 Å². The lowest BCUT2D eigenvalue weighted by Gasteiger charge is -2.36. The van der Waals surface area contributed by atoms with Gasteiger partial charge < -0.3 is 31.3 Å². The standard InChI is InChI=1S/C31H45N5O7/c1-17(2)23(24(37)19-10-7-8-12-22(19)43-6)34-30(42)35-26(31(3,4)5)29(41)36-15-9-11-21(36)28(40)33-20(16-18-13-14-18)25(38)27(32)39/h7-8,10,12,17-18,20-21,23,26H,9,11,13-16H2,1-6H3,(H2,32,39)(H,33,40)(H2,34,35,42)/t20?,21-,23?,26?/m0/s1. The van der Waals surface area contributed by atoms with E-state index < -0.39 is 59.1 Å². The number of amides is 5. The summed E-state index contributed by atoms with van der Waals surface area (Å²) in [4.78, 5) is 79.3. The van der Waals surface area contributed by atoms with E-state index in [1.165, 1.54) is 12.0 Å². The second-order valence-electron chi connectivity index (χ2n) is 12.9. The number of nitrogens with two attached hydrogens (primary N) is 1. The van der Waals surface area contributed by atoms with Gasteiger partial charge in [0.05, 0.1) is 24.8 Å². The van der Waals surface area contributed by atoms with E-state index in [1.54, 1.807) is 58.9 Å². The summed E-state index contributed by atoms with van der Waals surface area (Å²) in [5.41, 5.74) is 4.78. The molecule has 1 heterocycles. The summed E-state index contributed by atoms with van der Waals surface area (Å²) in [7, 11) is 1.46. The number of hydrogen-bond acceptors (Lipinski definition) is 7. The van der Waals surface area contributed by atoms with E-state index in [0.717, 1.165) is 12.8 Å². The van der Waals surface area contributed by atoms with Crippen molar-refractivity contribution in [3.8, 4) is 5.75 Å². The van der Waals surface area contributed by atoms with Gasteiger partial charge in [0.15, 0.2) is 5.78 Å². The number of nitrogens with zero attached hydrogens (tertiary/aromatic N) is 1. The summed E-state index contributed by atoms with van der Waals surface area (Å²) in [5, 5.41) is 8.14. The van der Waals surface area contributed by atoms with Crippen molar-refractivity contribution in [2.24, 2.45) is 23.0 Å². The molecule has 0 bridgehead atoms. The van der Waals surface area contributed by atoms with Crippen molar-refractivity contribution in [1.29, 1.82) is 0 Å². The molecule has 4 atom stereocenters. The molecule has 1 saturated heterocycles. The van der Waals surface area contributed by atoms with Gasteiger partial charge in [-0.1, -0.05) is 59.6 Å². The molecule has 12 nitrogen and oxygen atoms in total. The fourth-order valence-corrected chi connectivity index (χ4v) is 5.34. The van der Waals surface area contributed by atoms with Crippen LogP contribution >= 0.6 is 0 Å². The van der Waals surface area contributed by atoms with Gasteiger partial charge in [0, 0.05) is 6.54 Å². The zero-order valence-electron chi connectivity index (χ0n) is 25.9. The van der Waals surface area contributed by atoms with Crippen LogP contribution in [0.5, 0.6) is 5.75 Å². The first-order valence-corrected chi connectivity index (χ1v) is 14.8. The van der Waals surface area contributed by atoms with Gasteiger partial charge in [-0.25, -0.2) is 4.79 Å². The molecule has 12 heteroatoms. The predicted molar refractivity (Wildman–Crippen MR) is 159 cm³/mol. The number of likely N-dealkylation sites (tertiary alicyclic amines) is 1. The molecule has 3 rings (SSSR count). The van der Waals surface area contributed by atoms with Gasteiger partial charge in [-0.3, -0.25) is 24.0 Å². The Morgan fingerprint density at radius 1 is 1.00 bits per heavy atom. The third-order valence-corrected chi connectivity index (χ3v) is 7.98. The largest absolute Gasteiger partial charge is 0.496 e. The minimum atomic E-state index is -1.11. The highest BCUT2D eigenvalue weighted by Gasteiger charge is 2.43. The molecule has 2 aliphatic rings. The molecule has 1 saturated carbocycles. The summed E-state index contributed by atoms with van der Waals surface area (Å²) < 4.78 is 5.33. The number of hydrogen-bond donors (Lipinski definition) is 4. The molecule has 3 unspecified atom stereocenters. The Bertz CT molecular complexity index is 1240. The third kappa shape index (κ3) is 8.55. The normalized spacial score (nSPS) is 18.8. The Kier molecular flexibility index (Phi) is 10.9. The number of primary amides is 1. The van der Waals surface area contributed by atoms with Gasteiger partial charge in [-0.2, -0.15) is 0 Å². The maximum absolute atomic E-state index is 13.9. The Morgan fingerprint density at radius 3 is 2.21 bits per heavy atom. The minimum Gasteiger partial charge on any atom is -0.496 e. The van der Waals surface area contributed by atoms with Crippen LogP contribution in [0.4, 0.5) is 4.79 Å². The Balaban J connectivity index is 1.75. The molecular weight excluding hydrogens is 554 g/mol. The van der Waals surface area contributed by atoms with Crippen molar-refractivity contribution in [1.82, 2.24) is 20.9 Å². The van der Waals surface area contributed by atoms with Crippen LogP contribution in [-0.4, -0.2) is 78.0 Å². The van der Waals surface area contributed by atoms with E-state index in [1.807, 2.05) is 0 Å². The van der Waals surface area contributed by atoms with Crippen molar-refractivity contribution in [3.63, 3.8) is 0 Å². The van der Waals surface area contributed by atoms with Crippen LogP contribution in [0.2, 0.25) is 0 Å². The lowest BCUT2D eigenvalue weighted by molar-refractivity contribution is -0.143. The highest BCUT2D eigenvalue weighted by molar-refractivity contribution is 6.37. The summed E-state index contributed by atoms with van der Waals surface area (Å²) >= 11 is 0. The lowest BCUT2D eigenvalue weighted by Crippen LogP contribution is -2.61. The van der Waals surface area contributed by atoms with E-state index in [-0.39, 0.29) is 24.2 Å². The van der Waals surface area contributed by atoms with E-state index in [4.69, 9.17) is 10.5 Å². The number of ether oxygens (including phenoxy) is 1. The van der Waals surface area contributed by atoms with Crippen LogP contribution in [0.25, 0.3) is 0 Å². The van der Waals surface area contributed by atoms with Crippen molar-refractivity contribution < 1.29 is 33.5 Å². The number of carbonyl (C=O) groups excluding carboxylic acids is 6. The monoisotopic (exact) mass is 599 g/mol. The fourth-order valence-electron chi connectivity index (χ4n) is 5.34. The maximum atomic E-state index is 13.9. The first-order valence-electron chi connectivity index (χ1n) is 14.8. The topological polar surface area (TPSA) is 177 Å². The second kappa shape index (κ2) is 14.0. The Morgan fingerprint density at radius 2 is 1.65 bits per heavy atom. The quantitative estimate of drug-likeness (QED) is 0.198. The number of Topliss-reactive ketones (excluding diaryl/α,β-unsaturated/α-hetero) is 2. The number of urea groups is 1. The number of para-hydroxylation sites is 1. The number of ketones is 2. The van der Waals surface area contributed by atoms with Gasteiger partial charge in [0.2, 0.25) is 17.6 Å². The molecular formula is C31H45N5O7. The molecule has 1 aliphatic carbocycles. The lowest BCUT2D eigenvalue weighted by atomic mass is 9.85. The molecule has 43 heavy (non-hydrogen) atoms. The van der Waals surface area contributed by atoms with Crippen LogP contribution in [0, 0.1) is 17.3 Å². The fraction of sp³-hybridized carbons (Fsp3) is 0.613. The minimum absolute atomic E-state index is 0.243. The van der Waals surface area contributed by atoms with Crippen molar-refractivity contribution in [3.05, 3.63) is 29.8 Å². The summed E-state index contributed by atoms with van der Waals surface area (Å²) in [6.07, 6.45) is 3.06. The summed E-state index contributed by atoms with van der Waals surface area (Å²) in [6.45, 7) is 9.26. The number of benzene rings is 1. The van der Waals surface area contributed by atoms with Crippen molar-refractivity contribution in [2.75, 3.05) is 13.7 Å². The Hall–Kier alpha value is -3.96. The number of nitrogens with one attached hydrogen (secondary N) is 3. The number of methoxy groups -OCH3 is 1. The van der Waals surface area contributed by atoms with Crippen molar-refractivity contribution >= 4 is 35.3 Å². The van der Waals surface area contributed by atoms with E-state index in [0.29, 0.717) is 30.6 Å². The molecule has 1 aliphatic heterocycles. The van der Waals surface area contributed by atoms with Crippen LogP contribution in [0.3, 0.4) is 0 Å². The zero-order valence-corrected chi connectivity index (χ0v) is 25.9. The van der Waals surface area contributed by atoms with Gasteiger partial charge >= 0.3 is 6.03 Å². The average molecular weight is 600 g/mol. The molecule has 0 radical (unpaired) electrons. The zero-order chi connectivity index (χ0) is 32.1. The SMILES string of the molecule is COc1ccccc1C(=O)C(NC(=O)NC(C(=O)N1CCC[C@H]1C(=O)NC(CC1CC1)C(=O)C(N)=O)C(C)(C)C)C(C)C. The highest BCUT2D eigenvalue weighted by atomic mass is 16.5. The molecule has 0 spiro atoms. The molecule has 1 aromatic rings. The maximum Gasteiger partial charge on any atom is 0.316 e. The third-order valence-electron chi connectivity index (χ3n) is 7.98. The highest BCUT2D eigenvalue weighted by Crippen LogP contribution is 2.34. The average Bonchev–Trinajstić information content (AvgIpc) is 3.63. The summed E-state index contributed by atoms with van der Waals surface area (Å²) in [6, 6.07) is 2.20. The van der Waals surface area contributed by atoms with Gasteiger partial charge in [-0.15, -0.1) is 0 Å². The smallest absolute Gasteiger partial charge is 0.316 e. The molecule has 1 aromatic carbocycles. The van der Waals surface area contributed by atoms with E-state index in [9.17, 15) is 28.8 Å². The molecule has 5 N–H and O–H groups in total. The molecule has 0 aromatic heterocycles. The number of carbonyl (C=O) groups is 6. The van der Waals surface area contributed by atoms with Gasteiger partial charge in [-0.05, 0) is 48.6 Å². The molecule has 236 valence electrons. The Labute approximate surface area is 252 Å². The first-order chi connectivity index (χ1) is 20.1. The number of rotatable bonds is 13. The first kappa shape index (κ1) is 33.5. The van der Waals surface area contributed by atoms with Crippen molar-refractivity contribution in [2.45, 2.75) is 90.9 Å². The van der Waals surface area contributed by atoms with Crippen LogP contribution in [0.1, 0.15) is 77.1 Å². The van der Waals surface area contributed by atoms with Gasteiger partial charge in [0.25, 0.3) is 5.91 Å². The molecule has 2 fully saturated rings. The van der Waals surface area contributed by atoms with Crippen LogP contribution < -0.4 is 26.4 Å². The van der Waals surface area contributed by atoms with Gasteiger partial charge in [0.1, 0.15) is 17.8 Å². The predicted octanol–water partition coefficient (Wildman–Crippen LogP) is 1.95. The van der Waals surface area contributed by atoms with E-state index >= 15 is 0 Å². The summed E-state index contributed by atoms with van der Waals surface area (Å²) in [5.74, 6) is -2.94. The molecule has 5 amide bonds.